The second kappa shape index (κ2) is 7.70. The maximum absolute atomic E-state index is 6.08. The first-order valence-corrected chi connectivity index (χ1v) is 9.04. The number of methoxy groups -OCH3 is 1. The summed E-state index contributed by atoms with van der Waals surface area (Å²) in [6.45, 7) is 5.78. The van der Waals surface area contributed by atoms with Gasteiger partial charge in [0.05, 0.1) is 33.5 Å². The van der Waals surface area contributed by atoms with E-state index >= 15 is 0 Å². The minimum absolute atomic E-state index is 0.0858. The van der Waals surface area contributed by atoms with Gasteiger partial charge in [-0.1, -0.05) is 6.07 Å². The molecule has 6 heteroatoms. The Morgan fingerprint density at radius 2 is 2.15 bits per heavy atom. The van der Waals surface area contributed by atoms with Gasteiger partial charge in [0.25, 0.3) is 0 Å². The summed E-state index contributed by atoms with van der Waals surface area (Å²) in [6.07, 6.45) is 5.37. The van der Waals surface area contributed by atoms with Crippen molar-refractivity contribution in [3.63, 3.8) is 0 Å². The zero-order valence-corrected chi connectivity index (χ0v) is 15.1. The monoisotopic (exact) mass is 355 g/mol. The van der Waals surface area contributed by atoms with E-state index in [0.29, 0.717) is 18.4 Å². The second-order valence-electron chi connectivity index (χ2n) is 7.26. The van der Waals surface area contributed by atoms with E-state index in [1.165, 1.54) is 0 Å². The molecule has 0 aromatic carbocycles. The van der Waals surface area contributed by atoms with Crippen molar-refractivity contribution >= 4 is 0 Å². The van der Waals surface area contributed by atoms with Crippen molar-refractivity contribution in [2.75, 3.05) is 40.0 Å². The van der Waals surface area contributed by atoms with Gasteiger partial charge in [0.1, 0.15) is 0 Å². The molecule has 0 N–H and O–H groups in total. The molecule has 4 heterocycles. The Morgan fingerprint density at radius 3 is 3.00 bits per heavy atom. The molecule has 2 aliphatic rings. The molecule has 0 bridgehead atoms. The van der Waals surface area contributed by atoms with Crippen LogP contribution >= 0.6 is 0 Å². The van der Waals surface area contributed by atoms with Crippen molar-refractivity contribution in [1.29, 1.82) is 0 Å². The summed E-state index contributed by atoms with van der Waals surface area (Å²) in [5, 5.41) is 0. The van der Waals surface area contributed by atoms with Gasteiger partial charge in [-0.2, -0.15) is 0 Å². The van der Waals surface area contributed by atoms with Gasteiger partial charge in [-0.05, 0) is 23.8 Å². The van der Waals surface area contributed by atoms with Crippen LogP contribution in [0.15, 0.2) is 42.9 Å². The van der Waals surface area contributed by atoms with Crippen LogP contribution in [0.3, 0.4) is 0 Å². The fraction of sp³-hybridized carbons (Fsp3) is 0.500. The largest absolute Gasteiger partial charge is 0.481 e. The Labute approximate surface area is 154 Å². The maximum atomic E-state index is 6.08. The van der Waals surface area contributed by atoms with Gasteiger partial charge >= 0.3 is 0 Å². The van der Waals surface area contributed by atoms with Gasteiger partial charge in [-0.25, -0.2) is 4.98 Å². The van der Waals surface area contributed by atoms with E-state index in [-0.39, 0.29) is 5.41 Å². The van der Waals surface area contributed by atoms with E-state index in [0.717, 1.165) is 50.6 Å². The van der Waals surface area contributed by atoms with E-state index in [2.05, 4.69) is 20.9 Å². The molecule has 2 aromatic rings. The lowest BCUT2D eigenvalue weighted by Crippen LogP contribution is -2.35. The van der Waals surface area contributed by atoms with Crippen molar-refractivity contribution in [2.24, 2.45) is 11.3 Å². The highest BCUT2D eigenvalue weighted by Gasteiger charge is 2.50. The van der Waals surface area contributed by atoms with Gasteiger partial charge in [0.2, 0.25) is 5.88 Å². The van der Waals surface area contributed by atoms with Crippen molar-refractivity contribution < 1.29 is 14.2 Å². The van der Waals surface area contributed by atoms with Gasteiger partial charge in [-0.3, -0.25) is 9.88 Å². The highest BCUT2D eigenvalue weighted by molar-refractivity contribution is 5.25. The van der Waals surface area contributed by atoms with Gasteiger partial charge < -0.3 is 14.2 Å². The Balaban J connectivity index is 1.38. The lowest BCUT2D eigenvalue weighted by atomic mass is 9.82. The van der Waals surface area contributed by atoms with E-state index < -0.39 is 0 Å². The second-order valence-corrected chi connectivity index (χ2v) is 7.26. The third-order valence-corrected chi connectivity index (χ3v) is 5.44. The molecule has 2 atom stereocenters. The molecule has 2 fully saturated rings. The summed E-state index contributed by atoms with van der Waals surface area (Å²) in [5.41, 5.74) is 2.37. The molecule has 2 saturated heterocycles. The molecule has 0 spiro atoms. The number of fused-ring (bicyclic) bond motifs is 1. The Morgan fingerprint density at radius 1 is 1.27 bits per heavy atom. The lowest BCUT2D eigenvalue weighted by Gasteiger charge is -2.27. The maximum Gasteiger partial charge on any atom is 0.217 e. The summed E-state index contributed by atoms with van der Waals surface area (Å²) >= 11 is 0. The summed E-state index contributed by atoms with van der Waals surface area (Å²) in [5.74, 6) is 1.23. The average molecular weight is 355 g/mol. The standard InChI is InChI=1S/C20H25N3O3/c1-24-19-17(3-2-6-22-19)9-23-10-18-12-26-15-20(18,13-23)14-25-11-16-4-7-21-8-5-16/h2-8,18H,9-15H2,1H3/t18-,20-/m1/s1. The number of hydrogen-bond donors (Lipinski definition) is 0. The summed E-state index contributed by atoms with van der Waals surface area (Å²) in [6, 6.07) is 8.04. The molecule has 4 rings (SSSR count). The molecule has 2 aliphatic heterocycles. The van der Waals surface area contributed by atoms with Crippen LogP contribution < -0.4 is 4.74 Å². The van der Waals surface area contributed by atoms with Crippen LogP contribution in [0, 0.1) is 11.3 Å². The van der Waals surface area contributed by atoms with Crippen molar-refractivity contribution in [1.82, 2.24) is 14.9 Å². The summed E-state index contributed by atoms with van der Waals surface area (Å²) in [4.78, 5) is 10.8. The van der Waals surface area contributed by atoms with Crippen molar-refractivity contribution in [2.45, 2.75) is 13.2 Å². The number of likely N-dealkylation sites (tertiary alicyclic amines) is 1. The number of nitrogens with zero attached hydrogens (tertiary/aromatic N) is 3. The van der Waals surface area contributed by atoms with Crippen LogP contribution in [0.4, 0.5) is 0 Å². The lowest BCUT2D eigenvalue weighted by molar-refractivity contribution is 0.0182. The molecule has 2 aromatic heterocycles. The summed E-state index contributed by atoms with van der Waals surface area (Å²) < 4.78 is 17.3. The zero-order chi connectivity index (χ0) is 17.8. The third kappa shape index (κ3) is 3.58. The van der Waals surface area contributed by atoms with Gasteiger partial charge in [0.15, 0.2) is 0 Å². The number of rotatable bonds is 7. The number of ether oxygens (including phenoxy) is 3. The number of aromatic nitrogens is 2. The van der Waals surface area contributed by atoms with Crippen LogP contribution in [-0.4, -0.2) is 54.9 Å². The fourth-order valence-electron chi connectivity index (χ4n) is 4.09. The molecular formula is C20H25N3O3. The van der Waals surface area contributed by atoms with E-state index in [1.807, 2.05) is 18.2 Å². The first-order valence-electron chi connectivity index (χ1n) is 9.04. The molecule has 6 nitrogen and oxygen atoms in total. The smallest absolute Gasteiger partial charge is 0.217 e. The minimum atomic E-state index is 0.0858. The molecule has 0 aliphatic carbocycles. The molecule has 0 radical (unpaired) electrons. The molecule has 0 unspecified atom stereocenters. The fourth-order valence-corrected chi connectivity index (χ4v) is 4.09. The first kappa shape index (κ1) is 17.4. The SMILES string of the molecule is COc1ncccc1CN1C[C@@H]2COC[C@]2(COCc2ccncc2)C1. The predicted octanol–water partition coefficient (Wildman–Crippen LogP) is 2.15. The number of hydrogen-bond acceptors (Lipinski definition) is 6. The van der Waals surface area contributed by atoms with Crippen LogP contribution in [0.25, 0.3) is 0 Å². The van der Waals surface area contributed by atoms with Crippen LogP contribution in [0.5, 0.6) is 5.88 Å². The Bertz CT molecular complexity index is 727. The summed E-state index contributed by atoms with van der Waals surface area (Å²) in [7, 11) is 1.67. The van der Waals surface area contributed by atoms with Crippen LogP contribution in [-0.2, 0) is 22.6 Å². The minimum Gasteiger partial charge on any atom is -0.481 e. The quantitative estimate of drug-likeness (QED) is 0.759. The van der Waals surface area contributed by atoms with Gasteiger partial charge in [-0.15, -0.1) is 0 Å². The van der Waals surface area contributed by atoms with E-state index in [9.17, 15) is 0 Å². The van der Waals surface area contributed by atoms with Crippen molar-refractivity contribution in [3.8, 4) is 5.88 Å². The van der Waals surface area contributed by atoms with E-state index in [4.69, 9.17) is 14.2 Å². The molecule has 0 amide bonds. The number of pyridine rings is 2. The molecule has 26 heavy (non-hydrogen) atoms. The normalized spacial score (nSPS) is 25.3. The highest BCUT2D eigenvalue weighted by atomic mass is 16.5. The topological polar surface area (TPSA) is 56.7 Å². The van der Waals surface area contributed by atoms with E-state index in [1.54, 1.807) is 25.7 Å². The zero-order valence-electron chi connectivity index (χ0n) is 15.1. The van der Waals surface area contributed by atoms with Crippen LogP contribution in [0.1, 0.15) is 11.1 Å². The van der Waals surface area contributed by atoms with Crippen molar-refractivity contribution in [3.05, 3.63) is 54.0 Å². The molecular weight excluding hydrogens is 330 g/mol. The van der Waals surface area contributed by atoms with Gasteiger partial charge in [0, 0.05) is 55.1 Å². The molecule has 138 valence electrons. The first-order chi connectivity index (χ1) is 12.8. The Kier molecular flexibility index (Phi) is 5.15. The third-order valence-electron chi connectivity index (χ3n) is 5.44. The highest BCUT2D eigenvalue weighted by Crippen LogP contribution is 2.42. The predicted molar refractivity (Wildman–Crippen MR) is 96.7 cm³/mol. The Hall–Kier alpha value is -2.02. The molecule has 0 saturated carbocycles. The average Bonchev–Trinajstić information content (AvgIpc) is 3.19. The van der Waals surface area contributed by atoms with Crippen LogP contribution in [0.2, 0.25) is 0 Å².